The third-order valence-corrected chi connectivity index (χ3v) is 6.94. The minimum Gasteiger partial charge on any atom is -0.390 e. The van der Waals surface area contributed by atoms with Crippen LogP contribution in [0.4, 0.5) is 17.6 Å². The molecule has 0 bridgehead atoms. The number of rotatable bonds is 4. The molecule has 1 aliphatic rings. The van der Waals surface area contributed by atoms with Gasteiger partial charge in [0.25, 0.3) is 10.0 Å². The molecule has 1 N–H and O–H groups in total. The van der Waals surface area contributed by atoms with E-state index in [4.69, 9.17) is 0 Å². The molecule has 0 amide bonds. The van der Waals surface area contributed by atoms with Crippen LogP contribution in [0.1, 0.15) is 6.42 Å². The smallest absolute Gasteiger partial charge is 0.360 e. The summed E-state index contributed by atoms with van der Waals surface area (Å²) < 4.78 is 80.2. The first-order valence-electron chi connectivity index (χ1n) is 8.53. The van der Waals surface area contributed by atoms with Gasteiger partial charge in [0, 0.05) is 41.3 Å². The Morgan fingerprint density at radius 2 is 1.54 bits per heavy atom. The number of sulfonamides is 1. The van der Waals surface area contributed by atoms with Gasteiger partial charge in [-0.05, 0) is 36.4 Å². The minimum absolute atomic E-state index is 0.130. The van der Waals surface area contributed by atoms with E-state index in [0.29, 0.717) is 26.1 Å². The standard InChI is InChI=1S/C18H16F4N2O3S/c19-11-1-3-16-14(7-11)15-8-12(20)2-4-17(15)24(16)10-13(25)9-23-6-5-18(21,22)28(23,26)27/h1-4,7-8,13,25H,5-6,9-10H2. The van der Waals surface area contributed by atoms with E-state index in [1.807, 2.05) is 0 Å². The van der Waals surface area contributed by atoms with Crippen LogP contribution in [0.3, 0.4) is 0 Å². The Bertz CT molecular complexity index is 1120. The van der Waals surface area contributed by atoms with Crippen LogP contribution in [-0.4, -0.2) is 46.8 Å². The highest BCUT2D eigenvalue weighted by Crippen LogP contribution is 2.36. The van der Waals surface area contributed by atoms with Gasteiger partial charge in [-0.25, -0.2) is 17.2 Å². The number of aromatic nitrogens is 1. The van der Waals surface area contributed by atoms with Crippen LogP contribution in [0, 0.1) is 11.6 Å². The fourth-order valence-corrected chi connectivity index (χ4v) is 5.06. The normalized spacial score (nSPS) is 20.2. The fraction of sp³-hybridized carbons (Fsp3) is 0.333. The average Bonchev–Trinajstić information content (AvgIpc) is 3.00. The Morgan fingerprint density at radius 1 is 1.00 bits per heavy atom. The van der Waals surface area contributed by atoms with Crippen molar-refractivity contribution in [3.05, 3.63) is 48.0 Å². The van der Waals surface area contributed by atoms with Gasteiger partial charge in [-0.2, -0.15) is 13.1 Å². The van der Waals surface area contributed by atoms with E-state index < -0.39 is 46.0 Å². The van der Waals surface area contributed by atoms with Crippen LogP contribution in [0.25, 0.3) is 21.8 Å². The van der Waals surface area contributed by atoms with Gasteiger partial charge in [0.1, 0.15) is 11.6 Å². The van der Waals surface area contributed by atoms with Crippen molar-refractivity contribution < 1.29 is 31.1 Å². The van der Waals surface area contributed by atoms with Crippen molar-refractivity contribution in [3.63, 3.8) is 0 Å². The molecular weight excluding hydrogens is 400 g/mol. The second kappa shape index (κ2) is 6.43. The molecule has 0 spiro atoms. The fourth-order valence-electron chi connectivity index (χ4n) is 3.63. The number of aliphatic hydroxyl groups excluding tert-OH is 1. The summed E-state index contributed by atoms with van der Waals surface area (Å²) in [5, 5.41) is 7.42. The van der Waals surface area contributed by atoms with Crippen molar-refractivity contribution in [2.75, 3.05) is 13.1 Å². The Labute approximate surface area is 157 Å². The van der Waals surface area contributed by atoms with Crippen LogP contribution in [0.5, 0.6) is 0 Å². The first-order valence-corrected chi connectivity index (χ1v) is 9.97. The van der Waals surface area contributed by atoms with Crippen LogP contribution in [0.2, 0.25) is 0 Å². The molecule has 0 aliphatic carbocycles. The minimum atomic E-state index is -4.80. The van der Waals surface area contributed by atoms with Gasteiger partial charge < -0.3 is 9.67 Å². The molecule has 10 heteroatoms. The Morgan fingerprint density at radius 3 is 2.00 bits per heavy atom. The topological polar surface area (TPSA) is 62.5 Å². The van der Waals surface area contributed by atoms with Crippen molar-refractivity contribution in [2.45, 2.75) is 24.3 Å². The number of hydrogen-bond acceptors (Lipinski definition) is 3. The molecule has 2 aromatic carbocycles. The van der Waals surface area contributed by atoms with Crippen molar-refractivity contribution in [2.24, 2.45) is 0 Å². The summed E-state index contributed by atoms with van der Waals surface area (Å²) in [7, 11) is -4.80. The van der Waals surface area contributed by atoms with E-state index in [-0.39, 0.29) is 13.1 Å². The molecular formula is C18H16F4N2O3S. The number of alkyl halides is 2. The lowest BCUT2D eigenvalue weighted by Crippen LogP contribution is -2.39. The van der Waals surface area contributed by atoms with Crippen molar-refractivity contribution >= 4 is 31.8 Å². The maximum Gasteiger partial charge on any atom is 0.360 e. The molecule has 1 fully saturated rings. The van der Waals surface area contributed by atoms with Crippen LogP contribution in [0.15, 0.2) is 36.4 Å². The van der Waals surface area contributed by atoms with E-state index in [9.17, 15) is 31.1 Å². The second-order valence-corrected chi connectivity index (χ2v) is 8.90. The third kappa shape index (κ3) is 2.96. The Balaban J connectivity index is 1.69. The lowest BCUT2D eigenvalue weighted by Gasteiger charge is -2.20. The van der Waals surface area contributed by atoms with Crippen molar-refractivity contribution in [3.8, 4) is 0 Å². The Hall–Kier alpha value is -2.17. The predicted octanol–water partition coefficient (Wildman–Crippen LogP) is 3.06. The van der Waals surface area contributed by atoms with Gasteiger partial charge >= 0.3 is 5.25 Å². The molecule has 0 radical (unpaired) electrons. The van der Waals surface area contributed by atoms with Crippen LogP contribution in [-0.2, 0) is 16.6 Å². The molecule has 3 aromatic rings. The summed E-state index contributed by atoms with van der Waals surface area (Å²) in [5.41, 5.74) is 1.02. The second-order valence-electron chi connectivity index (χ2n) is 6.84. The Kier molecular flexibility index (Phi) is 4.40. The van der Waals surface area contributed by atoms with Gasteiger partial charge in [0.15, 0.2) is 0 Å². The van der Waals surface area contributed by atoms with Crippen LogP contribution >= 0.6 is 0 Å². The lowest BCUT2D eigenvalue weighted by molar-refractivity contribution is 0.0950. The maximum atomic E-state index is 13.7. The van der Waals surface area contributed by atoms with Gasteiger partial charge in [0.2, 0.25) is 0 Å². The number of aliphatic hydroxyl groups is 1. The number of fused-ring (bicyclic) bond motifs is 3. The molecule has 1 aliphatic heterocycles. The average molecular weight is 416 g/mol. The van der Waals surface area contributed by atoms with Crippen molar-refractivity contribution in [1.82, 2.24) is 8.87 Å². The molecule has 28 heavy (non-hydrogen) atoms. The SMILES string of the molecule is O=S1(=O)N(CC(O)Cn2c3ccc(F)cc3c3cc(F)ccc32)CCC1(F)F. The molecule has 1 unspecified atom stereocenters. The van der Waals surface area contributed by atoms with E-state index in [1.165, 1.54) is 36.4 Å². The molecule has 2 heterocycles. The maximum absolute atomic E-state index is 13.7. The van der Waals surface area contributed by atoms with Gasteiger partial charge in [0.05, 0.1) is 12.6 Å². The van der Waals surface area contributed by atoms with Gasteiger partial charge in [-0.15, -0.1) is 0 Å². The number of hydrogen-bond donors (Lipinski definition) is 1. The molecule has 150 valence electrons. The van der Waals surface area contributed by atoms with E-state index in [2.05, 4.69) is 0 Å². The molecule has 0 saturated carbocycles. The quantitative estimate of drug-likeness (QED) is 0.665. The number of nitrogens with zero attached hydrogens (tertiary/aromatic N) is 2. The highest BCUT2D eigenvalue weighted by Gasteiger charge is 2.54. The zero-order valence-electron chi connectivity index (χ0n) is 14.4. The summed E-state index contributed by atoms with van der Waals surface area (Å²) in [6.07, 6.45) is -2.12. The first kappa shape index (κ1) is 19.2. The highest BCUT2D eigenvalue weighted by atomic mass is 32.2. The molecule has 1 aromatic heterocycles. The third-order valence-electron chi connectivity index (χ3n) is 4.97. The zero-order valence-corrected chi connectivity index (χ0v) is 15.3. The monoisotopic (exact) mass is 416 g/mol. The first-order chi connectivity index (χ1) is 13.1. The van der Waals surface area contributed by atoms with Gasteiger partial charge in [-0.1, -0.05) is 0 Å². The van der Waals surface area contributed by atoms with Crippen LogP contribution < -0.4 is 0 Å². The summed E-state index contributed by atoms with van der Waals surface area (Å²) in [4.78, 5) is 0. The highest BCUT2D eigenvalue weighted by molar-refractivity contribution is 7.90. The van der Waals surface area contributed by atoms with Crippen molar-refractivity contribution in [1.29, 1.82) is 0 Å². The summed E-state index contributed by atoms with van der Waals surface area (Å²) in [6, 6.07) is 7.85. The van der Waals surface area contributed by atoms with E-state index >= 15 is 0 Å². The summed E-state index contributed by atoms with van der Waals surface area (Å²) in [5.74, 6) is -1.02. The number of β-amino-alcohol motifs (C(OH)–C–C–N with tert-alkyl or cyclic N) is 1. The molecule has 1 atom stereocenters. The molecule has 4 rings (SSSR count). The number of benzene rings is 2. The lowest BCUT2D eigenvalue weighted by atomic mass is 10.1. The van der Waals surface area contributed by atoms with Gasteiger partial charge in [-0.3, -0.25) is 0 Å². The van der Waals surface area contributed by atoms with E-state index in [1.54, 1.807) is 4.57 Å². The van der Waals surface area contributed by atoms with E-state index in [0.717, 1.165) is 0 Å². The zero-order chi connectivity index (χ0) is 20.3. The molecule has 5 nitrogen and oxygen atoms in total. The largest absolute Gasteiger partial charge is 0.390 e. The summed E-state index contributed by atoms with van der Waals surface area (Å²) >= 11 is 0. The summed E-state index contributed by atoms with van der Waals surface area (Å²) in [6.45, 7) is -1.01. The molecule has 1 saturated heterocycles. The number of halogens is 4. The predicted molar refractivity (Wildman–Crippen MR) is 95.4 cm³/mol.